The Hall–Kier alpha value is -0.820. The molecule has 0 aromatic heterocycles. The quantitative estimate of drug-likeness (QED) is 0.822. The zero-order valence-electron chi connectivity index (χ0n) is 10.8. The topological polar surface area (TPSA) is 12.0 Å². The maximum absolute atomic E-state index is 3.54. The van der Waals surface area contributed by atoms with Crippen LogP contribution in [0.25, 0.3) is 0 Å². The lowest BCUT2D eigenvalue weighted by atomic mass is 9.83. The number of benzene rings is 1. The van der Waals surface area contributed by atoms with Gasteiger partial charge in [-0.05, 0) is 73.7 Å². The number of piperidine rings is 1. The SMILES string of the molecule is CC1CCNCC1Cc1ccc2c(c1)CCC2. The Balaban J connectivity index is 1.72. The van der Waals surface area contributed by atoms with Crippen molar-refractivity contribution in [3.05, 3.63) is 34.9 Å². The standard InChI is InChI=1S/C16H23N/c1-12-7-8-17-11-16(12)10-13-5-6-14-3-2-4-15(14)9-13/h5-6,9,12,16-17H,2-4,7-8,10-11H2,1H3. The van der Waals surface area contributed by atoms with E-state index in [1.165, 1.54) is 45.2 Å². The second-order valence-corrected chi connectivity index (χ2v) is 5.89. The Bertz CT molecular complexity index is 397. The molecule has 1 aromatic carbocycles. The molecule has 1 heterocycles. The second kappa shape index (κ2) is 4.81. The third-order valence-electron chi connectivity index (χ3n) is 4.65. The van der Waals surface area contributed by atoms with Crippen LogP contribution in [0.3, 0.4) is 0 Å². The minimum absolute atomic E-state index is 0.836. The van der Waals surface area contributed by atoms with E-state index in [9.17, 15) is 0 Å². The number of fused-ring (bicyclic) bond motifs is 1. The lowest BCUT2D eigenvalue weighted by molar-refractivity contribution is 0.272. The highest BCUT2D eigenvalue weighted by atomic mass is 14.9. The average molecular weight is 229 g/mol. The molecule has 0 spiro atoms. The Morgan fingerprint density at radius 1 is 1.24 bits per heavy atom. The van der Waals surface area contributed by atoms with Crippen LogP contribution in [0.15, 0.2) is 18.2 Å². The van der Waals surface area contributed by atoms with Gasteiger partial charge in [0, 0.05) is 0 Å². The van der Waals surface area contributed by atoms with Crippen LogP contribution in [-0.2, 0) is 19.3 Å². The third-order valence-corrected chi connectivity index (χ3v) is 4.65. The van der Waals surface area contributed by atoms with Crippen molar-refractivity contribution in [2.45, 2.75) is 39.0 Å². The first-order valence-corrected chi connectivity index (χ1v) is 7.14. The fraction of sp³-hybridized carbons (Fsp3) is 0.625. The Morgan fingerprint density at radius 2 is 2.12 bits per heavy atom. The second-order valence-electron chi connectivity index (χ2n) is 5.89. The summed E-state index contributed by atoms with van der Waals surface area (Å²) in [7, 11) is 0. The molecule has 1 aromatic rings. The molecule has 0 radical (unpaired) electrons. The van der Waals surface area contributed by atoms with Crippen LogP contribution in [0, 0.1) is 11.8 Å². The molecule has 1 aliphatic carbocycles. The van der Waals surface area contributed by atoms with Gasteiger partial charge in [0.05, 0.1) is 0 Å². The molecule has 1 saturated heterocycles. The fourth-order valence-electron chi connectivity index (χ4n) is 3.38. The summed E-state index contributed by atoms with van der Waals surface area (Å²) in [6.07, 6.45) is 6.58. The Labute approximate surface area is 105 Å². The van der Waals surface area contributed by atoms with Crippen molar-refractivity contribution in [1.29, 1.82) is 0 Å². The van der Waals surface area contributed by atoms with Crippen molar-refractivity contribution in [3.63, 3.8) is 0 Å². The van der Waals surface area contributed by atoms with Gasteiger partial charge in [-0.1, -0.05) is 25.1 Å². The molecule has 0 bridgehead atoms. The summed E-state index contributed by atoms with van der Waals surface area (Å²) in [6.45, 7) is 4.83. The highest BCUT2D eigenvalue weighted by Gasteiger charge is 2.21. The minimum atomic E-state index is 0.836. The van der Waals surface area contributed by atoms with Crippen LogP contribution in [0.5, 0.6) is 0 Å². The number of aryl methyl sites for hydroxylation is 2. The zero-order chi connectivity index (χ0) is 11.7. The summed E-state index contributed by atoms with van der Waals surface area (Å²) >= 11 is 0. The molecule has 2 atom stereocenters. The van der Waals surface area contributed by atoms with E-state index in [2.05, 4.69) is 30.4 Å². The summed E-state index contributed by atoms with van der Waals surface area (Å²) in [5, 5.41) is 3.54. The molecule has 0 saturated carbocycles. The van der Waals surface area contributed by atoms with Gasteiger partial charge in [-0.15, -0.1) is 0 Å². The van der Waals surface area contributed by atoms with Crippen molar-refractivity contribution in [2.75, 3.05) is 13.1 Å². The molecule has 1 N–H and O–H groups in total. The Morgan fingerprint density at radius 3 is 3.00 bits per heavy atom. The number of rotatable bonds is 2. The van der Waals surface area contributed by atoms with E-state index in [0.29, 0.717) is 0 Å². The van der Waals surface area contributed by atoms with E-state index < -0.39 is 0 Å². The molecule has 2 aliphatic rings. The lowest BCUT2D eigenvalue weighted by Gasteiger charge is -2.29. The van der Waals surface area contributed by atoms with Crippen molar-refractivity contribution in [3.8, 4) is 0 Å². The van der Waals surface area contributed by atoms with Crippen molar-refractivity contribution in [1.82, 2.24) is 5.32 Å². The molecule has 92 valence electrons. The number of hydrogen-bond acceptors (Lipinski definition) is 1. The van der Waals surface area contributed by atoms with E-state index >= 15 is 0 Å². The highest BCUT2D eigenvalue weighted by molar-refractivity contribution is 5.35. The van der Waals surface area contributed by atoms with E-state index in [0.717, 1.165) is 11.8 Å². The first-order chi connectivity index (χ1) is 8.33. The van der Waals surface area contributed by atoms with Gasteiger partial charge in [-0.25, -0.2) is 0 Å². The van der Waals surface area contributed by atoms with Gasteiger partial charge in [0.1, 0.15) is 0 Å². The van der Waals surface area contributed by atoms with Gasteiger partial charge in [0.2, 0.25) is 0 Å². The van der Waals surface area contributed by atoms with E-state index in [1.54, 1.807) is 16.7 Å². The van der Waals surface area contributed by atoms with Gasteiger partial charge in [-0.3, -0.25) is 0 Å². The van der Waals surface area contributed by atoms with Gasteiger partial charge >= 0.3 is 0 Å². The average Bonchev–Trinajstić information content (AvgIpc) is 2.79. The molecule has 0 amide bonds. The van der Waals surface area contributed by atoms with Crippen molar-refractivity contribution >= 4 is 0 Å². The van der Waals surface area contributed by atoms with Crippen LogP contribution in [0.2, 0.25) is 0 Å². The van der Waals surface area contributed by atoms with Crippen molar-refractivity contribution < 1.29 is 0 Å². The number of hydrogen-bond donors (Lipinski definition) is 1. The summed E-state index contributed by atoms with van der Waals surface area (Å²) in [6, 6.07) is 7.22. The highest BCUT2D eigenvalue weighted by Crippen LogP contribution is 2.26. The van der Waals surface area contributed by atoms with E-state index in [4.69, 9.17) is 0 Å². The van der Waals surface area contributed by atoms with Crippen LogP contribution in [0.1, 0.15) is 36.5 Å². The minimum Gasteiger partial charge on any atom is -0.316 e. The molecule has 2 unspecified atom stereocenters. The first-order valence-electron chi connectivity index (χ1n) is 7.14. The summed E-state index contributed by atoms with van der Waals surface area (Å²) in [5.74, 6) is 1.72. The summed E-state index contributed by atoms with van der Waals surface area (Å²) in [4.78, 5) is 0. The van der Waals surface area contributed by atoms with Crippen LogP contribution in [-0.4, -0.2) is 13.1 Å². The zero-order valence-corrected chi connectivity index (χ0v) is 10.8. The predicted octanol–water partition coefficient (Wildman–Crippen LogP) is 2.96. The Kier molecular flexibility index (Phi) is 3.19. The summed E-state index contributed by atoms with van der Waals surface area (Å²) < 4.78 is 0. The van der Waals surface area contributed by atoms with E-state index in [1.807, 2.05) is 0 Å². The normalized spacial score (nSPS) is 28.1. The van der Waals surface area contributed by atoms with Gasteiger partial charge in [0.15, 0.2) is 0 Å². The molecule has 1 fully saturated rings. The largest absolute Gasteiger partial charge is 0.316 e. The molecular formula is C16H23N. The molecule has 1 heteroatoms. The van der Waals surface area contributed by atoms with Crippen LogP contribution < -0.4 is 5.32 Å². The van der Waals surface area contributed by atoms with Gasteiger partial charge in [-0.2, -0.15) is 0 Å². The summed E-state index contributed by atoms with van der Waals surface area (Å²) in [5.41, 5.74) is 4.79. The maximum Gasteiger partial charge on any atom is -0.00148 e. The first kappa shape index (κ1) is 11.3. The smallest absolute Gasteiger partial charge is 0.00148 e. The van der Waals surface area contributed by atoms with E-state index in [-0.39, 0.29) is 0 Å². The molecule has 3 rings (SSSR count). The number of nitrogens with one attached hydrogen (secondary N) is 1. The molecule has 17 heavy (non-hydrogen) atoms. The monoisotopic (exact) mass is 229 g/mol. The van der Waals surface area contributed by atoms with Gasteiger partial charge in [0.25, 0.3) is 0 Å². The van der Waals surface area contributed by atoms with Crippen molar-refractivity contribution in [2.24, 2.45) is 11.8 Å². The van der Waals surface area contributed by atoms with Crippen LogP contribution in [0.4, 0.5) is 0 Å². The molecule has 1 nitrogen and oxygen atoms in total. The molecular weight excluding hydrogens is 206 g/mol. The van der Waals surface area contributed by atoms with Crippen LogP contribution >= 0.6 is 0 Å². The van der Waals surface area contributed by atoms with Gasteiger partial charge < -0.3 is 5.32 Å². The lowest BCUT2D eigenvalue weighted by Crippen LogP contribution is -2.36. The molecule has 1 aliphatic heterocycles. The maximum atomic E-state index is 3.54. The fourth-order valence-corrected chi connectivity index (χ4v) is 3.38. The third kappa shape index (κ3) is 2.40. The predicted molar refractivity (Wildman–Crippen MR) is 72.3 cm³/mol.